The SMILES string of the molecule is ClC1C2CCCC1C2=C1CCCCC1. The fourth-order valence-electron chi connectivity index (χ4n) is 3.76. The highest BCUT2D eigenvalue weighted by atomic mass is 35.5. The molecule has 0 radical (unpaired) electrons. The van der Waals surface area contributed by atoms with Gasteiger partial charge in [-0.2, -0.15) is 0 Å². The van der Waals surface area contributed by atoms with Gasteiger partial charge in [-0.05, 0) is 50.4 Å². The van der Waals surface area contributed by atoms with E-state index in [1.165, 1.54) is 51.4 Å². The van der Waals surface area contributed by atoms with E-state index in [0.717, 1.165) is 11.8 Å². The molecule has 78 valence electrons. The zero-order chi connectivity index (χ0) is 9.54. The first-order chi connectivity index (χ1) is 6.88. The van der Waals surface area contributed by atoms with Crippen LogP contribution in [0.5, 0.6) is 0 Å². The van der Waals surface area contributed by atoms with Gasteiger partial charge in [-0.3, -0.25) is 0 Å². The van der Waals surface area contributed by atoms with Crippen molar-refractivity contribution in [1.29, 1.82) is 0 Å². The van der Waals surface area contributed by atoms with Crippen molar-refractivity contribution in [2.24, 2.45) is 11.8 Å². The number of allylic oxidation sites excluding steroid dienone is 2. The maximum absolute atomic E-state index is 6.40. The van der Waals surface area contributed by atoms with Crippen molar-refractivity contribution < 1.29 is 0 Å². The van der Waals surface area contributed by atoms with Crippen molar-refractivity contribution in [1.82, 2.24) is 0 Å². The van der Waals surface area contributed by atoms with Crippen LogP contribution in [-0.2, 0) is 0 Å². The molecule has 0 amide bonds. The van der Waals surface area contributed by atoms with E-state index in [4.69, 9.17) is 11.6 Å². The van der Waals surface area contributed by atoms with Crippen LogP contribution in [0.15, 0.2) is 11.1 Å². The Hall–Kier alpha value is 0.0300. The minimum atomic E-state index is 0.508. The molecule has 0 N–H and O–H groups in total. The molecule has 0 aromatic carbocycles. The quantitative estimate of drug-likeness (QED) is 0.414. The average Bonchev–Trinajstić information content (AvgIpc) is 2.29. The topological polar surface area (TPSA) is 0 Å². The Labute approximate surface area is 91.7 Å². The summed E-state index contributed by atoms with van der Waals surface area (Å²) in [6, 6.07) is 0. The van der Waals surface area contributed by atoms with Crippen LogP contribution in [0.1, 0.15) is 51.4 Å². The lowest BCUT2D eigenvalue weighted by atomic mass is 9.58. The Bertz CT molecular complexity index is 244. The molecule has 2 atom stereocenters. The molecule has 2 bridgehead atoms. The molecule has 0 saturated heterocycles. The van der Waals surface area contributed by atoms with E-state index in [0.29, 0.717) is 5.38 Å². The summed E-state index contributed by atoms with van der Waals surface area (Å²) in [6.07, 6.45) is 11.3. The first kappa shape index (κ1) is 9.27. The van der Waals surface area contributed by atoms with E-state index in [-0.39, 0.29) is 0 Å². The van der Waals surface area contributed by atoms with Crippen LogP contribution >= 0.6 is 11.6 Å². The van der Waals surface area contributed by atoms with Gasteiger partial charge >= 0.3 is 0 Å². The van der Waals surface area contributed by atoms with E-state index in [1.54, 1.807) is 0 Å². The first-order valence-electron chi connectivity index (χ1n) is 6.24. The second-order valence-corrected chi connectivity index (χ2v) is 5.71. The second kappa shape index (κ2) is 3.56. The number of alkyl halides is 1. The molecule has 3 rings (SSSR count). The van der Waals surface area contributed by atoms with Gasteiger partial charge in [0.05, 0.1) is 0 Å². The zero-order valence-electron chi connectivity index (χ0n) is 8.77. The summed E-state index contributed by atoms with van der Waals surface area (Å²) in [5.74, 6) is 1.59. The molecule has 14 heavy (non-hydrogen) atoms. The Kier molecular flexibility index (Phi) is 2.35. The fraction of sp³-hybridized carbons (Fsp3) is 0.846. The Morgan fingerprint density at radius 2 is 1.50 bits per heavy atom. The standard InChI is InChI=1S/C13H19Cl/c14-13-10-7-4-8-11(13)12(10)9-5-2-1-3-6-9/h10-11,13H,1-8H2. The van der Waals surface area contributed by atoms with Gasteiger partial charge in [0.25, 0.3) is 0 Å². The molecule has 3 fully saturated rings. The van der Waals surface area contributed by atoms with E-state index in [9.17, 15) is 0 Å². The molecule has 0 aliphatic heterocycles. The molecule has 0 nitrogen and oxygen atoms in total. The molecule has 0 aromatic rings. The third-order valence-corrected chi connectivity index (χ3v) is 5.07. The number of hydrogen-bond acceptors (Lipinski definition) is 0. The summed E-state index contributed by atoms with van der Waals surface area (Å²) in [7, 11) is 0. The third-order valence-electron chi connectivity index (χ3n) is 4.46. The lowest BCUT2D eigenvalue weighted by Gasteiger charge is -2.51. The van der Waals surface area contributed by atoms with Gasteiger partial charge in [0.1, 0.15) is 0 Å². The summed E-state index contributed by atoms with van der Waals surface area (Å²) in [4.78, 5) is 0. The average molecular weight is 211 g/mol. The number of halogens is 1. The largest absolute Gasteiger partial charge is 0.122 e. The normalized spacial score (nSPS) is 42.2. The minimum Gasteiger partial charge on any atom is -0.122 e. The highest BCUT2D eigenvalue weighted by molar-refractivity contribution is 6.22. The van der Waals surface area contributed by atoms with Crippen molar-refractivity contribution in [3.63, 3.8) is 0 Å². The first-order valence-corrected chi connectivity index (χ1v) is 6.67. The van der Waals surface area contributed by atoms with Crippen LogP contribution in [0, 0.1) is 11.8 Å². The molecule has 0 heterocycles. The summed E-state index contributed by atoms with van der Waals surface area (Å²) < 4.78 is 0. The molecule has 0 aromatic heterocycles. The molecular weight excluding hydrogens is 192 g/mol. The minimum absolute atomic E-state index is 0.508. The highest BCUT2D eigenvalue weighted by Gasteiger charge is 2.48. The fourth-order valence-corrected chi connectivity index (χ4v) is 4.28. The van der Waals surface area contributed by atoms with Gasteiger partial charge in [0, 0.05) is 5.38 Å². The van der Waals surface area contributed by atoms with Crippen LogP contribution in [0.2, 0.25) is 0 Å². The third kappa shape index (κ3) is 1.26. The summed E-state index contributed by atoms with van der Waals surface area (Å²) in [5, 5.41) is 0.508. The molecular formula is C13H19Cl. The number of hydrogen-bond donors (Lipinski definition) is 0. The van der Waals surface area contributed by atoms with Crippen molar-refractivity contribution in [2.75, 3.05) is 0 Å². The lowest BCUT2D eigenvalue weighted by molar-refractivity contribution is 0.217. The number of fused-ring (bicyclic) bond motifs is 2. The molecule has 3 aliphatic carbocycles. The number of rotatable bonds is 0. The van der Waals surface area contributed by atoms with Crippen LogP contribution in [0.25, 0.3) is 0 Å². The second-order valence-electron chi connectivity index (χ2n) is 5.21. The van der Waals surface area contributed by atoms with Crippen molar-refractivity contribution in [3.05, 3.63) is 11.1 Å². The monoisotopic (exact) mass is 210 g/mol. The van der Waals surface area contributed by atoms with Gasteiger partial charge in [-0.25, -0.2) is 0 Å². The molecule has 2 unspecified atom stereocenters. The smallest absolute Gasteiger partial charge is 0.0467 e. The Balaban J connectivity index is 1.84. The van der Waals surface area contributed by atoms with Gasteiger partial charge in [0.15, 0.2) is 0 Å². The van der Waals surface area contributed by atoms with E-state index >= 15 is 0 Å². The maximum Gasteiger partial charge on any atom is 0.0467 e. The predicted molar refractivity (Wildman–Crippen MR) is 60.6 cm³/mol. The van der Waals surface area contributed by atoms with Crippen LogP contribution in [-0.4, -0.2) is 5.38 Å². The molecule has 0 spiro atoms. The van der Waals surface area contributed by atoms with E-state index < -0.39 is 0 Å². The van der Waals surface area contributed by atoms with Crippen molar-refractivity contribution in [2.45, 2.75) is 56.7 Å². The summed E-state index contributed by atoms with van der Waals surface area (Å²) in [6.45, 7) is 0. The van der Waals surface area contributed by atoms with E-state index in [1.807, 2.05) is 11.1 Å². The molecule has 3 saturated carbocycles. The van der Waals surface area contributed by atoms with Crippen LogP contribution < -0.4 is 0 Å². The molecule has 3 aliphatic rings. The highest BCUT2D eigenvalue weighted by Crippen LogP contribution is 2.55. The zero-order valence-corrected chi connectivity index (χ0v) is 9.52. The Morgan fingerprint density at radius 1 is 0.857 bits per heavy atom. The van der Waals surface area contributed by atoms with Crippen LogP contribution in [0.3, 0.4) is 0 Å². The van der Waals surface area contributed by atoms with Gasteiger partial charge in [-0.1, -0.05) is 24.0 Å². The lowest BCUT2D eigenvalue weighted by Crippen LogP contribution is -2.45. The van der Waals surface area contributed by atoms with Gasteiger partial charge in [0.2, 0.25) is 0 Å². The summed E-state index contributed by atoms with van der Waals surface area (Å²) in [5.41, 5.74) is 3.65. The van der Waals surface area contributed by atoms with Crippen molar-refractivity contribution >= 4 is 11.6 Å². The van der Waals surface area contributed by atoms with Gasteiger partial charge < -0.3 is 0 Å². The van der Waals surface area contributed by atoms with Crippen LogP contribution in [0.4, 0.5) is 0 Å². The maximum atomic E-state index is 6.40. The Morgan fingerprint density at radius 3 is 2.07 bits per heavy atom. The van der Waals surface area contributed by atoms with Gasteiger partial charge in [-0.15, -0.1) is 11.6 Å². The predicted octanol–water partition coefficient (Wildman–Crippen LogP) is 4.28. The van der Waals surface area contributed by atoms with Crippen molar-refractivity contribution in [3.8, 4) is 0 Å². The molecule has 1 heteroatoms. The summed E-state index contributed by atoms with van der Waals surface area (Å²) >= 11 is 6.40. The van der Waals surface area contributed by atoms with E-state index in [2.05, 4.69) is 0 Å².